The summed E-state index contributed by atoms with van der Waals surface area (Å²) in [6.07, 6.45) is 3.76. The fourth-order valence-corrected chi connectivity index (χ4v) is 7.92. The third-order valence-corrected chi connectivity index (χ3v) is 10.5. The largest absolute Gasteiger partial charge is 0.294 e. The van der Waals surface area contributed by atoms with Gasteiger partial charge in [0.05, 0.1) is 11.4 Å². The number of hydrogen-bond donors (Lipinski definition) is 0. The Morgan fingerprint density at radius 3 is 1.41 bits per heavy atom. The molecule has 9 rings (SSSR count). The molecule has 0 aliphatic heterocycles. The van der Waals surface area contributed by atoms with Crippen molar-refractivity contribution in [3.05, 3.63) is 180 Å². The quantitative estimate of drug-likeness (QED) is 0.131. The minimum atomic E-state index is -0.180. The summed E-state index contributed by atoms with van der Waals surface area (Å²) in [6.45, 7) is 8.98. The summed E-state index contributed by atoms with van der Waals surface area (Å²) >= 11 is 0. The van der Waals surface area contributed by atoms with Crippen LogP contribution in [0.1, 0.15) is 36.1 Å². The lowest BCUT2D eigenvalue weighted by molar-refractivity contribution is 0.661. The van der Waals surface area contributed by atoms with E-state index in [1.165, 1.54) is 33.4 Å². The molecule has 0 bridgehead atoms. The Labute approximate surface area is 299 Å². The fourth-order valence-electron chi connectivity index (χ4n) is 7.92. The van der Waals surface area contributed by atoms with Crippen LogP contribution in [0.4, 0.5) is 34.4 Å². The lowest BCUT2D eigenvalue weighted by atomic mass is 9.81. The lowest BCUT2D eigenvalue weighted by Gasteiger charge is -2.32. The van der Waals surface area contributed by atoms with E-state index < -0.39 is 0 Å². The zero-order valence-electron chi connectivity index (χ0n) is 29.3. The molecule has 246 valence electrons. The van der Waals surface area contributed by atoms with Crippen LogP contribution in [0.2, 0.25) is 0 Å². The number of nitrogens with zero attached hydrogens (tertiary/aromatic N) is 4. The number of benzene rings is 6. The number of aromatic nitrogens is 2. The summed E-state index contributed by atoms with van der Waals surface area (Å²) < 4.78 is 0. The van der Waals surface area contributed by atoms with Crippen LogP contribution in [-0.4, -0.2) is 9.97 Å². The van der Waals surface area contributed by atoms with E-state index in [2.05, 4.69) is 171 Å². The zero-order valence-corrected chi connectivity index (χ0v) is 29.3. The molecule has 0 fully saturated rings. The van der Waals surface area contributed by atoms with Gasteiger partial charge in [0.1, 0.15) is 11.6 Å². The number of aryl methyl sites for hydroxylation is 2. The molecular weight excluding hydrogens is 621 g/mol. The van der Waals surface area contributed by atoms with E-state index in [1.807, 2.05) is 24.5 Å². The summed E-state index contributed by atoms with van der Waals surface area (Å²) in [6, 6.07) is 52.5. The molecular formula is C47H38N4. The fraction of sp³-hybridized carbons (Fsp3) is 0.106. The van der Waals surface area contributed by atoms with Gasteiger partial charge in [-0.05, 0) is 96.8 Å². The van der Waals surface area contributed by atoms with Crippen LogP contribution in [-0.2, 0) is 5.41 Å². The van der Waals surface area contributed by atoms with Gasteiger partial charge >= 0.3 is 0 Å². The second kappa shape index (κ2) is 12.0. The Kier molecular flexibility index (Phi) is 7.22. The maximum atomic E-state index is 4.97. The molecule has 6 aromatic carbocycles. The van der Waals surface area contributed by atoms with Crippen molar-refractivity contribution in [3.8, 4) is 11.1 Å². The maximum absolute atomic E-state index is 4.97. The first-order valence-corrected chi connectivity index (χ1v) is 17.6. The van der Waals surface area contributed by atoms with Gasteiger partial charge in [0, 0.05) is 50.7 Å². The average Bonchev–Trinajstić information content (AvgIpc) is 3.39. The molecule has 1 aliphatic rings. The molecule has 0 atom stereocenters. The highest BCUT2D eigenvalue weighted by Crippen LogP contribution is 2.55. The van der Waals surface area contributed by atoms with Gasteiger partial charge in [0.15, 0.2) is 0 Å². The highest BCUT2D eigenvalue weighted by Gasteiger charge is 2.37. The monoisotopic (exact) mass is 658 g/mol. The molecule has 2 heterocycles. The van der Waals surface area contributed by atoms with Gasteiger partial charge in [-0.15, -0.1) is 0 Å². The van der Waals surface area contributed by atoms with Gasteiger partial charge in [0.25, 0.3) is 0 Å². The molecule has 0 unspecified atom stereocenters. The Bertz CT molecular complexity index is 2560. The first-order chi connectivity index (χ1) is 24.9. The molecule has 0 amide bonds. The van der Waals surface area contributed by atoms with Crippen molar-refractivity contribution in [1.29, 1.82) is 0 Å². The molecule has 2 aromatic heterocycles. The number of fused-ring (bicyclic) bond motifs is 5. The van der Waals surface area contributed by atoms with Crippen molar-refractivity contribution < 1.29 is 0 Å². The first kappa shape index (κ1) is 30.8. The Morgan fingerprint density at radius 1 is 0.431 bits per heavy atom. The highest BCUT2D eigenvalue weighted by molar-refractivity contribution is 6.24. The second-order valence-corrected chi connectivity index (χ2v) is 14.1. The van der Waals surface area contributed by atoms with Crippen LogP contribution in [0, 0.1) is 13.8 Å². The Morgan fingerprint density at radius 2 is 0.902 bits per heavy atom. The molecule has 0 saturated carbocycles. The van der Waals surface area contributed by atoms with Crippen molar-refractivity contribution in [1.82, 2.24) is 9.97 Å². The number of anilines is 6. The van der Waals surface area contributed by atoms with E-state index in [0.29, 0.717) is 0 Å². The molecule has 4 nitrogen and oxygen atoms in total. The Balaban J connectivity index is 1.48. The van der Waals surface area contributed by atoms with Gasteiger partial charge in [-0.2, -0.15) is 0 Å². The van der Waals surface area contributed by atoms with Crippen LogP contribution < -0.4 is 9.80 Å². The normalized spacial score (nSPS) is 12.9. The number of hydrogen-bond acceptors (Lipinski definition) is 4. The van der Waals surface area contributed by atoms with Crippen LogP contribution in [0.25, 0.3) is 32.7 Å². The van der Waals surface area contributed by atoms with Gasteiger partial charge < -0.3 is 0 Å². The van der Waals surface area contributed by atoms with Crippen LogP contribution in [0.15, 0.2) is 158 Å². The predicted molar refractivity (Wildman–Crippen MR) is 213 cm³/mol. The maximum Gasteiger partial charge on any atom is 0.137 e. The molecule has 1 aliphatic carbocycles. The van der Waals surface area contributed by atoms with E-state index >= 15 is 0 Å². The van der Waals surface area contributed by atoms with Crippen molar-refractivity contribution in [2.24, 2.45) is 0 Å². The lowest BCUT2D eigenvalue weighted by Crippen LogP contribution is -2.17. The van der Waals surface area contributed by atoms with Gasteiger partial charge in [0.2, 0.25) is 0 Å². The van der Waals surface area contributed by atoms with E-state index in [0.717, 1.165) is 55.9 Å². The topological polar surface area (TPSA) is 32.3 Å². The number of rotatable bonds is 6. The van der Waals surface area contributed by atoms with E-state index in [-0.39, 0.29) is 5.41 Å². The zero-order chi connectivity index (χ0) is 34.7. The summed E-state index contributed by atoms with van der Waals surface area (Å²) in [5.41, 5.74) is 11.8. The van der Waals surface area contributed by atoms with Crippen molar-refractivity contribution in [2.75, 3.05) is 9.80 Å². The third-order valence-electron chi connectivity index (χ3n) is 10.5. The standard InChI is InChI=1S/C47H38N4/c1-31-19-23-33(24-20-31)50(43-17-9-11-27-48-43)45-36-14-5-6-15-37(36)46(51(44-18-10-12-28-49-44)34-25-21-32(2)22-26-34)40-30-42-38(29-39(40)45)35-13-7-8-16-41(35)47(42,3)4/h5-30H,1-4H3. The summed E-state index contributed by atoms with van der Waals surface area (Å²) in [4.78, 5) is 14.6. The van der Waals surface area contributed by atoms with Crippen LogP contribution in [0.3, 0.4) is 0 Å². The van der Waals surface area contributed by atoms with Crippen LogP contribution >= 0.6 is 0 Å². The Hall–Kier alpha value is -6.26. The van der Waals surface area contributed by atoms with Gasteiger partial charge in [-0.25, -0.2) is 9.97 Å². The minimum absolute atomic E-state index is 0.180. The van der Waals surface area contributed by atoms with Crippen molar-refractivity contribution in [2.45, 2.75) is 33.1 Å². The van der Waals surface area contributed by atoms with E-state index in [4.69, 9.17) is 9.97 Å². The smallest absolute Gasteiger partial charge is 0.137 e. The van der Waals surface area contributed by atoms with Crippen molar-refractivity contribution >= 4 is 55.9 Å². The highest BCUT2D eigenvalue weighted by atomic mass is 15.2. The molecule has 0 saturated heterocycles. The molecule has 0 radical (unpaired) electrons. The van der Waals surface area contributed by atoms with Crippen molar-refractivity contribution in [3.63, 3.8) is 0 Å². The van der Waals surface area contributed by atoms with Gasteiger partial charge in [-0.3, -0.25) is 9.80 Å². The summed E-state index contributed by atoms with van der Waals surface area (Å²) in [5, 5.41) is 4.56. The third kappa shape index (κ3) is 4.98. The summed E-state index contributed by atoms with van der Waals surface area (Å²) in [5.74, 6) is 1.73. The first-order valence-electron chi connectivity index (χ1n) is 17.6. The van der Waals surface area contributed by atoms with E-state index in [1.54, 1.807) is 0 Å². The molecule has 51 heavy (non-hydrogen) atoms. The van der Waals surface area contributed by atoms with Gasteiger partial charge in [-0.1, -0.05) is 110 Å². The molecule has 8 aromatic rings. The molecule has 0 N–H and O–H groups in total. The molecule has 0 spiro atoms. The average molecular weight is 659 g/mol. The minimum Gasteiger partial charge on any atom is -0.294 e. The number of pyridine rings is 2. The SMILES string of the molecule is Cc1ccc(N(c2ccccn2)c2c3ccccc3c(N(c3ccc(C)cc3)c3ccccn3)c3cc4c(cc23)-c2ccccc2C4(C)C)cc1. The molecule has 4 heteroatoms. The second-order valence-electron chi connectivity index (χ2n) is 14.1. The van der Waals surface area contributed by atoms with E-state index in [9.17, 15) is 0 Å². The van der Waals surface area contributed by atoms with Crippen LogP contribution in [0.5, 0.6) is 0 Å². The summed E-state index contributed by atoms with van der Waals surface area (Å²) in [7, 11) is 0. The predicted octanol–water partition coefficient (Wildman–Crippen LogP) is 12.6.